The topological polar surface area (TPSA) is 28.4 Å². The lowest BCUT2D eigenvalue weighted by molar-refractivity contribution is 0.362. The average molecular weight is 342 g/mol. The normalized spacial score (nSPS) is 10.5. The van der Waals surface area contributed by atoms with Crippen molar-refractivity contribution in [1.29, 1.82) is 0 Å². The molecular formula is C18H18N2OS2. The lowest BCUT2D eigenvalue weighted by Gasteiger charge is -2.24. The molecule has 1 aromatic carbocycles. The summed E-state index contributed by atoms with van der Waals surface area (Å²) in [6, 6.07) is 16.3. The average Bonchev–Trinajstić information content (AvgIpc) is 3.22. The van der Waals surface area contributed by atoms with Gasteiger partial charge >= 0.3 is 0 Å². The monoisotopic (exact) mass is 342 g/mol. The van der Waals surface area contributed by atoms with Gasteiger partial charge in [-0.15, -0.1) is 11.3 Å². The highest BCUT2D eigenvalue weighted by Crippen LogP contribution is 2.17. The van der Waals surface area contributed by atoms with Crippen LogP contribution in [0.4, 0.5) is 5.69 Å². The molecule has 0 unspecified atom stereocenters. The van der Waals surface area contributed by atoms with E-state index >= 15 is 0 Å². The van der Waals surface area contributed by atoms with Crippen LogP contribution in [0.15, 0.2) is 64.6 Å². The molecule has 2 aromatic heterocycles. The second-order valence-corrected chi connectivity index (χ2v) is 6.73. The molecule has 118 valence electrons. The smallest absolute Gasteiger partial charge is 0.174 e. The highest BCUT2D eigenvalue weighted by Gasteiger charge is 2.13. The molecule has 1 N–H and O–H groups in total. The van der Waals surface area contributed by atoms with Gasteiger partial charge in [0.1, 0.15) is 5.76 Å². The molecule has 0 fully saturated rings. The first kappa shape index (κ1) is 15.8. The SMILES string of the molecule is Cc1ccc(NC(=S)N(Cc2ccco2)Cc2cccs2)cc1. The molecule has 0 bridgehead atoms. The summed E-state index contributed by atoms with van der Waals surface area (Å²) in [5.41, 5.74) is 2.23. The van der Waals surface area contributed by atoms with Crippen molar-refractivity contribution in [2.75, 3.05) is 5.32 Å². The highest BCUT2D eigenvalue weighted by molar-refractivity contribution is 7.80. The first-order valence-electron chi connectivity index (χ1n) is 7.38. The lowest BCUT2D eigenvalue weighted by Crippen LogP contribution is -2.33. The van der Waals surface area contributed by atoms with Crippen LogP contribution in [0.5, 0.6) is 0 Å². The van der Waals surface area contributed by atoms with Crippen LogP contribution in [0.25, 0.3) is 0 Å². The molecule has 0 spiro atoms. The molecule has 2 heterocycles. The summed E-state index contributed by atoms with van der Waals surface area (Å²) in [4.78, 5) is 3.38. The molecule has 0 atom stereocenters. The highest BCUT2D eigenvalue weighted by atomic mass is 32.1. The number of nitrogens with one attached hydrogen (secondary N) is 1. The van der Waals surface area contributed by atoms with E-state index in [9.17, 15) is 0 Å². The molecule has 0 aliphatic carbocycles. The van der Waals surface area contributed by atoms with Gasteiger partial charge in [-0.05, 0) is 54.9 Å². The minimum absolute atomic E-state index is 0.641. The third-order valence-electron chi connectivity index (χ3n) is 3.44. The van der Waals surface area contributed by atoms with Crippen LogP contribution in [0, 0.1) is 6.92 Å². The fourth-order valence-corrected chi connectivity index (χ4v) is 3.19. The van der Waals surface area contributed by atoms with Crippen molar-refractivity contribution >= 4 is 34.4 Å². The van der Waals surface area contributed by atoms with Crippen molar-refractivity contribution in [2.45, 2.75) is 20.0 Å². The predicted octanol–water partition coefficient (Wildman–Crippen LogP) is 5.05. The Morgan fingerprint density at radius 2 is 1.96 bits per heavy atom. The molecule has 0 amide bonds. The van der Waals surface area contributed by atoms with Crippen LogP contribution >= 0.6 is 23.6 Å². The van der Waals surface area contributed by atoms with Gasteiger partial charge in [0.15, 0.2) is 5.11 Å². The van der Waals surface area contributed by atoms with Crippen LogP contribution in [0.1, 0.15) is 16.2 Å². The van der Waals surface area contributed by atoms with Crippen LogP contribution in [-0.4, -0.2) is 10.0 Å². The zero-order valence-corrected chi connectivity index (χ0v) is 14.5. The van der Waals surface area contributed by atoms with Gasteiger partial charge in [-0.3, -0.25) is 0 Å². The Kier molecular flexibility index (Phi) is 5.10. The van der Waals surface area contributed by atoms with Crippen LogP contribution < -0.4 is 5.32 Å². The zero-order valence-electron chi connectivity index (χ0n) is 12.9. The van der Waals surface area contributed by atoms with E-state index in [2.05, 4.69) is 46.8 Å². The first-order chi connectivity index (χ1) is 11.2. The van der Waals surface area contributed by atoms with E-state index in [0.29, 0.717) is 11.7 Å². The number of aryl methyl sites for hydroxylation is 1. The number of furan rings is 1. The van der Waals surface area contributed by atoms with E-state index in [4.69, 9.17) is 16.6 Å². The fraction of sp³-hybridized carbons (Fsp3) is 0.167. The largest absolute Gasteiger partial charge is 0.467 e. The molecule has 3 nitrogen and oxygen atoms in total. The minimum atomic E-state index is 0.641. The molecule has 5 heteroatoms. The van der Waals surface area contributed by atoms with Gasteiger partial charge in [0.05, 0.1) is 19.4 Å². The molecule has 0 radical (unpaired) electrons. The van der Waals surface area contributed by atoms with E-state index in [1.807, 2.05) is 24.3 Å². The van der Waals surface area contributed by atoms with Gasteiger partial charge in [-0.2, -0.15) is 0 Å². The molecule has 3 rings (SSSR count). The maximum absolute atomic E-state index is 5.61. The van der Waals surface area contributed by atoms with Crippen molar-refractivity contribution in [2.24, 2.45) is 0 Å². The molecular weight excluding hydrogens is 324 g/mol. The summed E-state index contributed by atoms with van der Waals surface area (Å²) in [6.45, 7) is 3.47. The Labute approximate surface area is 145 Å². The number of rotatable bonds is 5. The summed E-state index contributed by atoms with van der Waals surface area (Å²) in [5.74, 6) is 0.898. The third kappa shape index (κ3) is 4.43. The second kappa shape index (κ2) is 7.44. The minimum Gasteiger partial charge on any atom is -0.467 e. The van der Waals surface area contributed by atoms with Crippen LogP contribution in [-0.2, 0) is 13.1 Å². The Morgan fingerprint density at radius 1 is 1.13 bits per heavy atom. The third-order valence-corrected chi connectivity index (χ3v) is 4.67. The Bertz CT molecular complexity index is 698. The maximum atomic E-state index is 5.61. The van der Waals surface area contributed by atoms with Crippen molar-refractivity contribution in [1.82, 2.24) is 4.90 Å². The summed E-state index contributed by atoms with van der Waals surface area (Å²) >= 11 is 7.34. The number of hydrogen-bond acceptors (Lipinski definition) is 3. The Morgan fingerprint density at radius 3 is 2.61 bits per heavy atom. The number of benzene rings is 1. The van der Waals surface area contributed by atoms with E-state index in [1.54, 1.807) is 17.6 Å². The van der Waals surface area contributed by atoms with Gasteiger partial charge in [0.2, 0.25) is 0 Å². The molecule has 0 saturated heterocycles. The molecule has 0 aliphatic heterocycles. The Balaban J connectivity index is 1.73. The molecule has 3 aromatic rings. The maximum Gasteiger partial charge on any atom is 0.174 e. The van der Waals surface area contributed by atoms with Gasteiger partial charge in [-0.25, -0.2) is 0 Å². The second-order valence-electron chi connectivity index (χ2n) is 5.31. The van der Waals surface area contributed by atoms with Crippen molar-refractivity contribution < 1.29 is 4.42 Å². The number of thiocarbonyl (C=S) groups is 1. The van der Waals surface area contributed by atoms with Gasteiger partial charge in [0.25, 0.3) is 0 Å². The van der Waals surface area contributed by atoms with E-state index < -0.39 is 0 Å². The Hall–Kier alpha value is -2.11. The van der Waals surface area contributed by atoms with E-state index in [1.165, 1.54) is 10.4 Å². The zero-order chi connectivity index (χ0) is 16.1. The fourth-order valence-electron chi connectivity index (χ4n) is 2.22. The standard InChI is InChI=1S/C18H18N2OS2/c1-14-6-8-15(9-7-14)19-18(22)20(12-16-4-2-10-21-16)13-17-5-3-11-23-17/h2-11H,12-13H2,1H3,(H,19,22). The van der Waals surface area contributed by atoms with Crippen molar-refractivity contribution in [3.63, 3.8) is 0 Å². The first-order valence-corrected chi connectivity index (χ1v) is 8.67. The van der Waals surface area contributed by atoms with E-state index in [0.717, 1.165) is 18.0 Å². The molecule has 23 heavy (non-hydrogen) atoms. The number of hydrogen-bond donors (Lipinski definition) is 1. The van der Waals surface area contributed by atoms with Crippen LogP contribution in [0.2, 0.25) is 0 Å². The summed E-state index contributed by atoms with van der Waals surface area (Å²) in [5, 5.41) is 6.09. The van der Waals surface area contributed by atoms with Crippen molar-refractivity contribution in [3.8, 4) is 0 Å². The van der Waals surface area contributed by atoms with E-state index in [-0.39, 0.29) is 0 Å². The lowest BCUT2D eigenvalue weighted by atomic mass is 10.2. The van der Waals surface area contributed by atoms with Gasteiger partial charge < -0.3 is 14.6 Å². The summed E-state index contributed by atoms with van der Waals surface area (Å²) in [7, 11) is 0. The molecule has 0 saturated carbocycles. The summed E-state index contributed by atoms with van der Waals surface area (Å²) < 4.78 is 5.47. The summed E-state index contributed by atoms with van der Waals surface area (Å²) in [6.07, 6.45) is 1.69. The predicted molar refractivity (Wildman–Crippen MR) is 99.7 cm³/mol. The van der Waals surface area contributed by atoms with Gasteiger partial charge in [0, 0.05) is 10.6 Å². The molecule has 0 aliphatic rings. The van der Waals surface area contributed by atoms with Crippen molar-refractivity contribution in [3.05, 3.63) is 76.4 Å². The number of thiophene rings is 1. The number of anilines is 1. The van der Waals surface area contributed by atoms with Gasteiger partial charge in [-0.1, -0.05) is 23.8 Å². The number of nitrogens with zero attached hydrogens (tertiary/aromatic N) is 1. The quantitative estimate of drug-likeness (QED) is 0.657. The van der Waals surface area contributed by atoms with Crippen LogP contribution in [0.3, 0.4) is 0 Å².